The zero-order chi connectivity index (χ0) is 24.9. The maximum absolute atomic E-state index is 13.3. The molecule has 1 aliphatic heterocycles. The van der Waals surface area contributed by atoms with Crippen molar-refractivity contribution in [3.05, 3.63) is 93.3 Å². The van der Waals surface area contributed by atoms with Gasteiger partial charge in [0.25, 0.3) is 5.91 Å². The molecule has 1 aliphatic rings. The molecule has 184 valence electrons. The van der Waals surface area contributed by atoms with Gasteiger partial charge < -0.3 is 14.4 Å². The third kappa shape index (κ3) is 6.13. The molecule has 0 N–H and O–H groups in total. The number of aryl methyl sites for hydroxylation is 2. The van der Waals surface area contributed by atoms with E-state index in [9.17, 15) is 9.18 Å². The van der Waals surface area contributed by atoms with E-state index in [0.29, 0.717) is 42.6 Å². The Bertz CT molecular complexity index is 1210. The highest BCUT2D eigenvalue weighted by atomic mass is 35.5. The Kier molecular flexibility index (Phi) is 7.93. The smallest absolute Gasteiger partial charge is 0.253 e. The number of nitrogens with zero attached hydrogens (tertiary/aromatic N) is 2. The van der Waals surface area contributed by atoms with Crippen LogP contribution in [0, 0.1) is 19.7 Å². The second kappa shape index (κ2) is 11.1. The van der Waals surface area contributed by atoms with Crippen LogP contribution in [0.2, 0.25) is 5.02 Å². The Labute approximate surface area is 211 Å². The minimum Gasteiger partial charge on any atom is -0.496 e. The number of rotatable bonds is 7. The van der Waals surface area contributed by atoms with Gasteiger partial charge in [-0.2, -0.15) is 0 Å². The van der Waals surface area contributed by atoms with E-state index >= 15 is 0 Å². The number of carbonyl (C=O) groups excluding carboxylic acids is 1. The summed E-state index contributed by atoms with van der Waals surface area (Å²) in [5.74, 6) is 1.15. The number of benzene rings is 3. The summed E-state index contributed by atoms with van der Waals surface area (Å²) in [6.45, 7) is 7.63. The molecule has 1 fully saturated rings. The minimum absolute atomic E-state index is 0.0138. The molecule has 0 unspecified atom stereocenters. The predicted molar refractivity (Wildman–Crippen MR) is 136 cm³/mol. The molecule has 0 bridgehead atoms. The van der Waals surface area contributed by atoms with Crippen LogP contribution in [0.5, 0.6) is 11.5 Å². The fourth-order valence-corrected chi connectivity index (χ4v) is 4.45. The first kappa shape index (κ1) is 25.0. The van der Waals surface area contributed by atoms with Gasteiger partial charge in [0, 0.05) is 48.9 Å². The van der Waals surface area contributed by atoms with Gasteiger partial charge in [0.1, 0.15) is 23.9 Å². The zero-order valence-corrected chi connectivity index (χ0v) is 21.1. The molecule has 7 heteroatoms. The first-order chi connectivity index (χ1) is 16.8. The van der Waals surface area contributed by atoms with Crippen LogP contribution >= 0.6 is 11.6 Å². The molecule has 3 aromatic rings. The van der Waals surface area contributed by atoms with E-state index < -0.39 is 0 Å². The van der Waals surface area contributed by atoms with Crippen molar-refractivity contribution in [1.82, 2.24) is 9.80 Å². The topological polar surface area (TPSA) is 42.0 Å². The number of halogens is 2. The van der Waals surface area contributed by atoms with E-state index in [-0.39, 0.29) is 11.7 Å². The average Bonchev–Trinajstić information content (AvgIpc) is 2.86. The number of ether oxygens (including phenoxy) is 2. The molecule has 0 aromatic heterocycles. The fraction of sp³-hybridized carbons (Fsp3) is 0.321. The van der Waals surface area contributed by atoms with E-state index in [4.69, 9.17) is 21.1 Å². The SMILES string of the molecule is COc1ccc(C(=O)N2CCN(Cc3ccc(F)cc3Cl)CC2)cc1COc1cc(C)ccc1C. The highest BCUT2D eigenvalue weighted by Gasteiger charge is 2.23. The number of piperazine rings is 1. The highest BCUT2D eigenvalue weighted by molar-refractivity contribution is 6.31. The molecule has 1 heterocycles. The molecule has 0 atom stereocenters. The van der Waals surface area contributed by atoms with Crippen LogP contribution < -0.4 is 9.47 Å². The van der Waals surface area contributed by atoms with Gasteiger partial charge in [0.2, 0.25) is 0 Å². The van der Waals surface area contributed by atoms with Crippen molar-refractivity contribution in [3.8, 4) is 11.5 Å². The largest absolute Gasteiger partial charge is 0.496 e. The van der Waals surface area contributed by atoms with Crippen LogP contribution in [0.3, 0.4) is 0 Å². The monoisotopic (exact) mass is 496 g/mol. The van der Waals surface area contributed by atoms with E-state index in [2.05, 4.69) is 11.0 Å². The lowest BCUT2D eigenvalue weighted by Gasteiger charge is -2.35. The third-order valence-electron chi connectivity index (χ3n) is 6.32. The molecule has 3 aromatic carbocycles. The lowest BCUT2D eigenvalue weighted by molar-refractivity contribution is 0.0628. The zero-order valence-electron chi connectivity index (χ0n) is 20.3. The van der Waals surface area contributed by atoms with E-state index in [1.54, 1.807) is 19.2 Å². The molecule has 0 radical (unpaired) electrons. The van der Waals surface area contributed by atoms with Gasteiger partial charge >= 0.3 is 0 Å². The Hall–Kier alpha value is -3.09. The lowest BCUT2D eigenvalue weighted by Crippen LogP contribution is -2.48. The highest BCUT2D eigenvalue weighted by Crippen LogP contribution is 2.26. The van der Waals surface area contributed by atoms with Crippen molar-refractivity contribution < 1.29 is 18.7 Å². The molecule has 4 rings (SSSR count). The predicted octanol–water partition coefficient (Wildman–Crippen LogP) is 5.64. The molecule has 1 amide bonds. The average molecular weight is 497 g/mol. The van der Waals surface area contributed by atoms with Crippen LogP contribution in [0.25, 0.3) is 0 Å². The van der Waals surface area contributed by atoms with Crippen LogP contribution in [0.15, 0.2) is 54.6 Å². The summed E-state index contributed by atoms with van der Waals surface area (Å²) in [5.41, 5.74) is 4.50. The van der Waals surface area contributed by atoms with E-state index in [0.717, 1.165) is 41.1 Å². The second-order valence-electron chi connectivity index (χ2n) is 8.89. The summed E-state index contributed by atoms with van der Waals surface area (Å²) in [6, 6.07) is 16.0. The first-order valence-electron chi connectivity index (χ1n) is 11.7. The van der Waals surface area contributed by atoms with Crippen molar-refractivity contribution in [1.29, 1.82) is 0 Å². The summed E-state index contributed by atoms with van der Waals surface area (Å²) in [6.07, 6.45) is 0. The van der Waals surface area contributed by atoms with Gasteiger partial charge in [-0.25, -0.2) is 4.39 Å². The number of hydrogen-bond donors (Lipinski definition) is 0. The molecule has 5 nitrogen and oxygen atoms in total. The van der Waals surface area contributed by atoms with Crippen LogP contribution in [0.1, 0.15) is 32.6 Å². The summed E-state index contributed by atoms with van der Waals surface area (Å²) in [7, 11) is 1.62. The molecular weight excluding hydrogens is 467 g/mol. The van der Waals surface area contributed by atoms with Gasteiger partial charge in [0.15, 0.2) is 0 Å². The van der Waals surface area contributed by atoms with Crippen molar-refractivity contribution in [2.75, 3.05) is 33.3 Å². The number of amides is 1. The summed E-state index contributed by atoms with van der Waals surface area (Å²) < 4.78 is 24.9. The van der Waals surface area contributed by atoms with Crippen molar-refractivity contribution in [3.63, 3.8) is 0 Å². The molecule has 0 aliphatic carbocycles. The van der Waals surface area contributed by atoms with Crippen LogP contribution in [-0.4, -0.2) is 49.0 Å². The Morgan fingerprint density at radius 2 is 1.71 bits per heavy atom. The van der Waals surface area contributed by atoms with E-state index in [1.165, 1.54) is 12.1 Å². The fourth-order valence-electron chi connectivity index (χ4n) is 4.23. The van der Waals surface area contributed by atoms with Gasteiger partial charge in [-0.1, -0.05) is 29.8 Å². The quantitative estimate of drug-likeness (QED) is 0.424. The maximum Gasteiger partial charge on any atom is 0.253 e. The van der Waals surface area contributed by atoms with Gasteiger partial charge in [-0.3, -0.25) is 9.69 Å². The number of carbonyl (C=O) groups is 1. The standard InChI is InChI=1S/C28H30ClFN2O3/c1-19-4-5-20(2)27(14-19)35-18-23-15-21(7-9-26(23)34-3)28(33)32-12-10-31(11-13-32)17-22-6-8-24(30)16-25(22)29/h4-9,14-16H,10-13,17-18H2,1-3H3. The normalized spacial score (nSPS) is 14.1. The maximum atomic E-state index is 13.3. The van der Waals surface area contributed by atoms with Gasteiger partial charge in [-0.15, -0.1) is 0 Å². The van der Waals surface area contributed by atoms with Crippen LogP contribution in [-0.2, 0) is 13.2 Å². The lowest BCUT2D eigenvalue weighted by atomic mass is 10.1. The second-order valence-corrected chi connectivity index (χ2v) is 9.30. The van der Waals surface area contributed by atoms with Crippen molar-refractivity contribution in [2.45, 2.75) is 27.0 Å². The van der Waals surface area contributed by atoms with Gasteiger partial charge in [0.05, 0.1) is 7.11 Å². The number of hydrogen-bond acceptors (Lipinski definition) is 4. The minimum atomic E-state index is -0.340. The molecular formula is C28H30ClFN2O3. The van der Waals surface area contributed by atoms with Gasteiger partial charge in [-0.05, 0) is 66.9 Å². The first-order valence-corrected chi connectivity index (χ1v) is 12.0. The summed E-state index contributed by atoms with van der Waals surface area (Å²) in [5, 5.41) is 0.428. The number of methoxy groups -OCH3 is 1. The molecule has 35 heavy (non-hydrogen) atoms. The Balaban J connectivity index is 1.40. The Morgan fingerprint density at radius 3 is 2.43 bits per heavy atom. The van der Waals surface area contributed by atoms with Crippen molar-refractivity contribution >= 4 is 17.5 Å². The third-order valence-corrected chi connectivity index (χ3v) is 6.67. The van der Waals surface area contributed by atoms with Crippen LogP contribution in [0.4, 0.5) is 4.39 Å². The summed E-state index contributed by atoms with van der Waals surface area (Å²) >= 11 is 6.18. The molecule has 0 spiro atoms. The van der Waals surface area contributed by atoms with Crippen molar-refractivity contribution in [2.24, 2.45) is 0 Å². The Morgan fingerprint density at radius 1 is 0.943 bits per heavy atom. The summed E-state index contributed by atoms with van der Waals surface area (Å²) in [4.78, 5) is 17.3. The molecule has 0 saturated carbocycles. The molecule has 1 saturated heterocycles. The van der Waals surface area contributed by atoms with E-state index in [1.807, 2.05) is 43.0 Å².